The van der Waals surface area contributed by atoms with E-state index in [1.54, 1.807) is 11.3 Å². The van der Waals surface area contributed by atoms with Crippen molar-refractivity contribution in [1.82, 2.24) is 5.32 Å². The van der Waals surface area contributed by atoms with Gasteiger partial charge in [-0.3, -0.25) is 0 Å². The Morgan fingerprint density at radius 2 is 2.15 bits per heavy atom. The molecule has 3 rings (SSSR count). The van der Waals surface area contributed by atoms with Crippen LogP contribution in [0.1, 0.15) is 51.3 Å². The first-order valence-electron chi connectivity index (χ1n) is 7.86. The van der Waals surface area contributed by atoms with E-state index in [9.17, 15) is 0 Å². The highest BCUT2D eigenvalue weighted by Gasteiger charge is 2.50. The van der Waals surface area contributed by atoms with Gasteiger partial charge in [0.2, 0.25) is 0 Å². The fraction of sp³-hybridized carbons (Fsp3) is 0.765. The molecule has 2 saturated carbocycles. The van der Waals surface area contributed by atoms with Crippen LogP contribution in [-0.4, -0.2) is 12.1 Å². The summed E-state index contributed by atoms with van der Waals surface area (Å²) in [5.41, 5.74) is 0.687. The number of rotatable bonds is 4. The van der Waals surface area contributed by atoms with Crippen LogP contribution in [0.4, 0.5) is 0 Å². The van der Waals surface area contributed by atoms with Crippen LogP contribution in [0, 0.1) is 17.3 Å². The number of halogens is 1. The minimum Gasteiger partial charge on any atom is -0.311 e. The number of fused-ring (bicyclic) bond motifs is 2. The number of hydrogen-bond acceptors (Lipinski definition) is 2. The normalized spacial score (nSPS) is 33.0. The minimum atomic E-state index is 0.210. The van der Waals surface area contributed by atoms with Crippen molar-refractivity contribution < 1.29 is 0 Å². The highest BCUT2D eigenvalue weighted by Crippen LogP contribution is 2.57. The van der Waals surface area contributed by atoms with E-state index in [0.29, 0.717) is 5.41 Å². The molecule has 0 aliphatic heterocycles. The molecule has 0 spiro atoms. The van der Waals surface area contributed by atoms with Gasteiger partial charge in [0.05, 0.1) is 4.34 Å². The molecule has 1 nitrogen and oxygen atoms in total. The van der Waals surface area contributed by atoms with Gasteiger partial charge in [0, 0.05) is 17.0 Å². The summed E-state index contributed by atoms with van der Waals surface area (Å²) in [6.07, 6.45) is 7.00. The molecule has 0 radical (unpaired) electrons. The fourth-order valence-electron chi connectivity index (χ4n) is 4.29. The van der Waals surface area contributed by atoms with E-state index < -0.39 is 0 Å². The highest BCUT2D eigenvalue weighted by molar-refractivity contribution is 7.16. The van der Waals surface area contributed by atoms with Crippen LogP contribution in [0.5, 0.6) is 0 Å². The predicted octanol–water partition coefficient (Wildman–Crippen LogP) is 5.14. The molecular formula is C17H26ClNS. The van der Waals surface area contributed by atoms with E-state index >= 15 is 0 Å². The average Bonchev–Trinajstić information content (AvgIpc) is 3.02. The van der Waals surface area contributed by atoms with Crippen LogP contribution in [0.3, 0.4) is 0 Å². The Labute approximate surface area is 132 Å². The van der Waals surface area contributed by atoms with Gasteiger partial charge in [0.15, 0.2) is 0 Å². The van der Waals surface area contributed by atoms with Crippen LogP contribution in [0.2, 0.25) is 4.34 Å². The minimum absolute atomic E-state index is 0.210. The molecule has 2 fully saturated rings. The summed E-state index contributed by atoms with van der Waals surface area (Å²) in [5.74, 6) is 1.90. The second kappa shape index (κ2) is 5.30. The lowest BCUT2D eigenvalue weighted by Gasteiger charge is -2.40. The monoisotopic (exact) mass is 311 g/mol. The number of thiophene rings is 1. The molecule has 3 heteroatoms. The van der Waals surface area contributed by atoms with E-state index in [1.165, 1.54) is 37.0 Å². The summed E-state index contributed by atoms with van der Waals surface area (Å²) in [4.78, 5) is 1.47. The molecule has 1 N–H and O–H groups in total. The van der Waals surface area contributed by atoms with Gasteiger partial charge < -0.3 is 5.32 Å². The van der Waals surface area contributed by atoms with Gasteiger partial charge in [-0.05, 0) is 75.8 Å². The lowest BCUT2D eigenvalue weighted by molar-refractivity contribution is 0.144. The molecule has 2 aliphatic carbocycles. The summed E-state index contributed by atoms with van der Waals surface area (Å²) < 4.78 is 0.932. The van der Waals surface area contributed by atoms with Crippen molar-refractivity contribution >= 4 is 22.9 Å². The first-order valence-corrected chi connectivity index (χ1v) is 9.05. The molecule has 3 atom stereocenters. The number of nitrogens with one attached hydrogen (secondary N) is 1. The van der Waals surface area contributed by atoms with Gasteiger partial charge in [0.1, 0.15) is 0 Å². The lowest BCUT2D eigenvalue weighted by Crippen LogP contribution is -2.47. The lowest BCUT2D eigenvalue weighted by atomic mass is 9.70. The Hall–Kier alpha value is -0.0500. The molecule has 0 saturated heterocycles. The Balaban J connectivity index is 1.77. The van der Waals surface area contributed by atoms with Crippen LogP contribution in [0.25, 0.3) is 0 Å². The average molecular weight is 312 g/mol. The van der Waals surface area contributed by atoms with Gasteiger partial charge in [0.25, 0.3) is 0 Å². The summed E-state index contributed by atoms with van der Waals surface area (Å²) in [6.45, 7) is 7.98. The topological polar surface area (TPSA) is 12.0 Å². The largest absolute Gasteiger partial charge is 0.311 e. The van der Waals surface area contributed by atoms with E-state index in [-0.39, 0.29) is 5.54 Å². The first kappa shape index (κ1) is 14.9. The smallest absolute Gasteiger partial charge is 0.0931 e. The van der Waals surface area contributed by atoms with Crippen molar-refractivity contribution in [3.8, 4) is 0 Å². The second-order valence-electron chi connectivity index (χ2n) is 7.93. The third-order valence-corrected chi connectivity index (χ3v) is 6.46. The molecule has 1 aromatic heterocycles. The molecule has 20 heavy (non-hydrogen) atoms. The molecule has 1 aromatic rings. The van der Waals surface area contributed by atoms with Gasteiger partial charge in [-0.25, -0.2) is 0 Å². The van der Waals surface area contributed by atoms with Crippen molar-refractivity contribution in [2.75, 3.05) is 6.54 Å². The molecule has 3 unspecified atom stereocenters. The summed E-state index contributed by atoms with van der Waals surface area (Å²) in [6, 6.07) is 4.29. The Bertz CT molecular complexity index is 476. The second-order valence-corrected chi connectivity index (χ2v) is 9.73. The third kappa shape index (κ3) is 3.08. The molecular weight excluding hydrogens is 286 g/mol. The Kier molecular flexibility index (Phi) is 3.94. The van der Waals surface area contributed by atoms with E-state index in [2.05, 4.69) is 38.2 Å². The van der Waals surface area contributed by atoms with Crippen molar-refractivity contribution in [1.29, 1.82) is 0 Å². The Morgan fingerprint density at radius 1 is 1.35 bits per heavy atom. The van der Waals surface area contributed by atoms with Crippen molar-refractivity contribution in [2.24, 2.45) is 17.3 Å². The fourth-order valence-corrected chi connectivity index (χ4v) is 5.53. The maximum Gasteiger partial charge on any atom is 0.0931 e. The molecule has 112 valence electrons. The molecule has 2 bridgehead atoms. The van der Waals surface area contributed by atoms with Gasteiger partial charge in [-0.2, -0.15) is 0 Å². The maximum absolute atomic E-state index is 6.12. The summed E-state index contributed by atoms with van der Waals surface area (Å²) in [5, 5.41) is 3.79. The summed E-state index contributed by atoms with van der Waals surface area (Å²) >= 11 is 7.89. The first-order chi connectivity index (χ1) is 9.36. The van der Waals surface area contributed by atoms with E-state index in [4.69, 9.17) is 11.6 Å². The third-order valence-electron chi connectivity index (χ3n) is 5.23. The van der Waals surface area contributed by atoms with Gasteiger partial charge in [-0.15, -0.1) is 11.3 Å². The van der Waals surface area contributed by atoms with Crippen LogP contribution in [-0.2, 0) is 6.42 Å². The van der Waals surface area contributed by atoms with E-state index in [1.807, 2.05) is 0 Å². The zero-order valence-corrected chi connectivity index (χ0v) is 14.4. The molecule has 2 aliphatic rings. The molecule has 0 amide bonds. The quantitative estimate of drug-likeness (QED) is 0.812. The molecule has 1 heterocycles. The van der Waals surface area contributed by atoms with E-state index in [0.717, 1.165) is 22.7 Å². The zero-order chi connectivity index (χ0) is 14.4. The predicted molar refractivity (Wildman–Crippen MR) is 88.7 cm³/mol. The molecule has 0 aromatic carbocycles. The highest BCUT2D eigenvalue weighted by atomic mass is 35.5. The maximum atomic E-state index is 6.12. The van der Waals surface area contributed by atoms with Crippen molar-refractivity contribution in [2.45, 2.75) is 58.4 Å². The summed E-state index contributed by atoms with van der Waals surface area (Å²) in [7, 11) is 0. The van der Waals surface area contributed by atoms with Crippen LogP contribution < -0.4 is 5.32 Å². The number of hydrogen-bond donors (Lipinski definition) is 1. The van der Waals surface area contributed by atoms with Gasteiger partial charge >= 0.3 is 0 Å². The Morgan fingerprint density at radius 3 is 2.65 bits per heavy atom. The van der Waals surface area contributed by atoms with Crippen LogP contribution >= 0.6 is 22.9 Å². The standard InChI is InChI=1S/C17H26ClNS/c1-16(2,3)19-11-17(9-12-4-5-13(17)8-12)10-14-6-7-15(18)20-14/h6-7,12-13,19H,4-5,8-11H2,1-3H3. The SMILES string of the molecule is CC(C)(C)NCC1(Cc2ccc(Cl)s2)CC2CCC1C2. The van der Waals surface area contributed by atoms with Crippen molar-refractivity contribution in [3.05, 3.63) is 21.3 Å². The zero-order valence-electron chi connectivity index (χ0n) is 12.8. The van der Waals surface area contributed by atoms with Crippen molar-refractivity contribution in [3.63, 3.8) is 0 Å². The van der Waals surface area contributed by atoms with Gasteiger partial charge in [-0.1, -0.05) is 18.0 Å². The van der Waals surface area contributed by atoms with Crippen LogP contribution in [0.15, 0.2) is 12.1 Å².